The molecular formula is C29H22F7N5O3S. The molecule has 0 aliphatic heterocycles. The molecule has 0 N–H and O–H groups in total. The van der Waals surface area contributed by atoms with Crippen LogP contribution in [0.25, 0.3) is 11.8 Å². The number of nitrogens with zero attached hydrogens (tertiary/aromatic N) is 5. The fraction of sp³-hybridized carbons (Fsp3) is 0.310. The number of alkyl halides is 6. The van der Waals surface area contributed by atoms with E-state index in [9.17, 15) is 43.9 Å². The molecule has 236 valence electrons. The molecule has 0 radical (unpaired) electrons. The summed E-state index contributed by atoms with van der Waals surface area (Å²) in [6.45, 7) is -1.51. The zero-order valence-corrected chi connectivity index (χ0v) is 23.8. The van der Waals surface area contributed by atoms with E-state index >= 15 is 0 Å². The monoisotopic (exact) mass is 653 g/mol. The van der Waals surface area contributed by atoms with Gasteiger partial charge in [0.05, 0.1) is 33.8 Å². The zero-order chi connectivity index (χ0) is 32.4. The number of allylic oxidation sites excluding steroid dienone is 1. The van der Waals surface area contributed by atoms with Gasteiger partial charge in [-0.1, -0.05) is 5.57 Å². The number of carbonyl (C=O) groups is 1. The van der Waals surface area contributed by atoms with Gasteiger partial charge in [-0.2, -0.15) is 36.5 Å². The van der Waals surface area contributed by atoms with E-state index in [0.717, 1.165) is 18.5 Å². The number of pyridine rings is 1. The number of hydrogen-bond donors (Lipinski definition) is 0. The van der Waals surface area contributed by atoms with Gasteiger partial charge < -0.3 is 0 Å². The van der Waals surface area contributed by atoms with Gasteiger partial charge in [-0.15, -0.1) is 0 Å². The van der Waals surface area contributed by atoms with Gasteiger partial charge in [0.1, 0.15) is 18.1 Å². The lowest BCUT2D eigenvalue weighted by Crippen LogP contribution is -2.46. The van der Waals surface area contributed by atoms with Crippen LogP contribution in [0.15, 0.2) is 71.7 Å². The summed E-state index contributed by atoms with van der Waals surface area (Å²) in [7, 11) is -4.39. The van der Waals surface area contributed by atoms with Crippen molar-refractivity contribution in [3.63, 3.8) is 0 Å². The molecular weight excluding hydrogens is 631 g/mol. The summed E-state index contributed by atoms with van der Waals surface area (Å²) in [4.78, 5) is 18.2. The average molecular weight is 654 g/mol. The Balaban J connectivity index is 1.43. The highest BCUT2D eigenvalue weighted by Crippen LogP contribution is 2.52. The number of hydrogen-bond acceptors (Lipinski definition) is 6. The first kappa shape index (κ1) is 30.7. The lowest BCUT2D eigenvalue weighted by molar-refractivity contribution is -0.142. The van der Waals surface area contributed by atoms with Crippen LogP contribution < -0.4 is 0 Å². The van der Waals surface area contributed by atoms with Crippen LogP contribution in [-0.2, 0) is 29.0 Å². The van der Waals surface area contributed by atoms with Gasteiger partial charge in [0.15, 0.2) is 20.6 Å². The quantitative estimate of drug-likeness (QED) is 0.187. The Morgan fingerprint density at radius 2 is 1.78 bits per heavy atom. The molecule has 2 atom stereocenters. The number of fused-ring (bicyclic) bond motifs is 2. The third-order valence-electron chi connectivity index (χ3n) is 8.13. The van der Waals surface area contributed by atoms with Crippen LogP contribution in [0.2, 0.25) is 0 Å². The molecule has 3 aromatic heterocycles. The first-order valence-corrected chi connectivity index (χ1v) is 15.1. The third kappa shape index (κ3) is 5.66. The minimum atomic E-state index is -4.78. The second-order valence-electron chi connectivity index (χ2n) is 11.0. The number of ketones is 1. The molecule has 4 aromatic rings. The molecule has 0 spiro atoms. The highest BCUT2D eigenvalue weighted by molar-refractivity contribution is 7.92. The molecule has 0 bridgehead atoms. The Hall–Kier alpha value is -4.34. The predicted molar refractivity (Wildman–Crippen MR) is 144 cm³/mol. The average Bonchev–Trinajstić information content (AvgIpc) is 3.61. The molecule has 0 amide bonds. The van der Waals surface area contributed by atoms with Crippen molar-refractivity contribution in [2.24, 2.45) is 5.41 Å². The van der Waals surface area contributed by atoms with Crippen LogP contribution in [0.3, 0.4) is 0 Å². The smallest absolute Gasteiger partial charge is 0.291 e. The third-order valence-corrected chi connectivity index (χ3v) is 10.2. The van der Waals surface area contributed by atoms with Crippen molar-refractivity contribution in [1.29, 1.82) is 0 Å². The molecule has 8 nitrogen and oxygen atoms in total. The van der Waals surface area contributed by atoms with Crippen LogP contribution in [0, 0.1) is 11.2 Å². The Labute approximate surface area is 251 Å². The van der Waals surface area contributed by atoms with Crippen molar-refractivity contribution in [1.82, 2.24) is 24.5 Å². The van der Waals surface area contributed by atoms with E-state index in [1.54, 1.807) is 6.08 Å². The number of benzene rings is 1. The van der Waals surface area contributed by atoms with E-state index in [1.807, 2.05) is 0 Å². The number of aromatic nitrogens is 5. The van der Waals surface area contributed by atoms with Gasteiger partial charge in [0, 0.05) is 12.4 Å². The SMILES string of the molecule is O=C(c1cc(C(F)(F)F)ccn1)[C@]12Cc3cnn(-c4ccc(F)cc4)c3C=C1CC[C@H](S(=O)(=O)c1ccn(CC(F)(F)F)n1)C2. The highest BCUT2D eigenvalue weighted by Gasteiger charge is 2.52. The van der Waals surface area contributed by atoms with Gasteiger partial charge in [-0.3, -0.25) is 14.5 Å². The summed E-state index contributed by atoms with van der Waals surface area (Å²) in [5.74, 6) is -1.30. The minimum Gasteiger partial charge on any atom is -0.291 e. The summed E-state index contributed by atoms with van der Waals surface area (Å²) < 4.78 is 122. The number of sulfone groups is 1. The summed E-state index contributed by atoms with van der Waals surface area (Å²) in [6, 6.07) is 7.72. The lowest BCUT2D eigenvalue weighted by atomic mass is 9.61. The van der Waals surface area contributed by atoms with E-state index in [-0.39, 0.29) is 25.7 Å². The topological polar surface area (TPSA) is 99.7 Å². The number of Topliss-reactive ketones (excluding diaryl/α,β-unsaturated/α-hetero) is 1. The Morgan fingerprint density at radius 3 is 2.47 bits per heavy atom. The number of carbonyl (C=O) groups excluding carboxylic acids is 1. The largest absolute Gasteiger partial charge is 0.416 e. The van der Waals surface area contributed by atoms with Crippen LogP contribution >= 0.6 is 0 Å². The van der Waals surface area contributed by atoms with E-state index in [2.05, 4.69) is 15.2 Å². The van der Waals surface area contributed by atoms with Crippen LogP contribution in [0.5, 0.6) is 0 Å². The molecule has 45 heavy (non-hydrogen) atoms. The van der Waals surface area contributed by atoms with Crippen LogP contribution in [-0.4, -0.2) is 50.2 Å². The number of rotatable bonds is 6. The molecule has 3 heterocycles. The minimum absolute atomic E-state index is 0.0197. The van der Waals surface area contributed by atoms with Gasteiger partial charge in [-0.25, -0.2) is 17.5 Å². The van der Waals surface area contributed by atoms with Gasteiger partial charge in [0.25, 0.3) is 0 Å². The number of halogens is 7. The second-order valence-corrected chi connectivity index (χ2v) is 13.2. The van der Waals surface area contributed by atoms with E-state index in [1.165, 1.54) is 35.1 Å². The second kappa shape index (κ2) is 10.6. The van der Waals surface area contributed by atoms with Gasteiger partial charge >= 0.3 is 12.4 Å². The first-order chi connectivity index (χ1) is 21.1. The van der Waals surface area contributed by atoms with E-state index < -0.39 is 67.3 Å². The zero-order valence-electron chi connectivity index (χ0n) is 23.0. The van der Waals surface area contributed by atoms with E-state index in [0.29, 0.717) is 39.3 Å². The summed E-state index contributed by atoms with van der Waals surface area (Å²) in [5, 5.41) is 6.08. The molecule has 6 rings (SSSR count). The maximum absolute atomic E-state index is 14.2. The molecule has 0 saturated heterocycles. The van der Waals surface area contributed by atoms with Gasteiger partial charge in [0.2, 0.25) is 0 Å². The maximum atomic E-state index is 14.2. The molecule has 16 heteroatoms. The predicted octanol–water partition coefficient (Wildman–Crippen LogP) is 6.02. The van der Waals surface area contributed by atoms with Crippen molar-refractivity contribution in [3.05, 3.63) is 95.0 Å². The van der Waals surface area contributed by atoms with Crippen molar-refractivity contribution in [3.8, 4) is 5.69 Å². The first-order valence-electron chi connectivity index (χ1n) is 13.5. The summed E-state index contributed by atoms with van der Waals surface area (Å²) in [6.07, 6.45) is -5.15. The fourth-order valence-electron chi connectivity index (χ4n) is 6.03. The normalized spacial score (nSPS) is 20.3. The Morgan fingerprint density at radius 1 is 1.04 bits per heavy atom. The van der Waals surface area contributed by atoms with Crippen LogP contribution in [0.1, 0.15) is 46.6 Å². The van der Waals surface area contributed by atoms with Gasteiger partial charge in [-0.05, 0) is 79.8 Å². The van der Waals surface area contributed by atoms with Crippen molar-refractivity contribution >= 4 is 21.7 Å². The maximum Gasteiger partial charge on any atom is 0.416 e. The van der Waals surface area contributed by atoms with Crippen molar-refractivity contribution in [2.45, 2.75) is 54.9 Å². The molecule has 1 aromatic carbocycles. The van der Waals surface area contributed by atoms with Crippen molar-refractivity contribution in [2.75, 3.05) is 0 Å². The van der Waals surface area contributed by atoms with Crippen molar-refractivity contribution < 1.29 is 43.9 Å². The highest BCUT2D eigenvalue weighted by atomic mass is 32.2. The molecule has 2 aliphatic rings. The lowest BCUT2D eigenvalue weighted by Gasteiger charge is -2.43. The molecule has 2 aliphatic carbocycles. The van der Waals surface area contributed by atoms with E-state index in [4.69, 9.17) is 0 Å². The summed E-state index contributed by atoms with van der Waals surface area (Å²) in [5.41, 5.74) is -1.34. The molecule has 1 fully saturated rings. The molecule has 0 unspecified atom stereocenters. The Kier molecular flexibility index (Phi) is 7.25. The summed E-state index contributed by atoms with van der Waals surface area (Å²) >= 11 is 0. The Bertz CT molecular complexity index is 1930. The standard InChI is InChI=1S/C29H22F7N5O3S/c30-20-2-4-21(5-3-20)41-24-12-18-1-6-22(45(43,44)25-8-10-40(39-25)16-28(31,32)33)14-27(18,13-17(24)15-38-41)26(42)23-11-19(7-9-37-23)29(34,35)36/h2-5,7-12,15,22H,1,6,13-14,16H2/t22-,27-/m0/s1. The molecule has 1 saturated carbocycles. The van der Waals surface area contributed by atoms with Crippen LogP contribution in [0.4, 0.5) is 30.7 Å². The fourth-order valence-corrected chi connectivity index (χ4v) is 7.77.